The van der Waals surface area contributed by atoms with E-state index in [2.05, 4.69) is 20.2 Å². The van der Waals surface area contributed by atoms with Gasteiger partial charge in [-0.3, -0.25) is 9.69 Å². The maximum Gasteiger partial charge on any atom is 0.246 e. The van der Waals surface area contributed by atoms with Crippen LogP contribution < -0.4 is 5.32 Å². The highest BCUT2D eigenvalue weighted by Crippen LogP contribution is 2.17. The van der Waals surface area contributed by atoms with Crippen LogP contribution in [0.2, 0.25) is 0 Å². The van der Waals surface area contributed by atoms with Crippen LogP contribution >= 0.6 is 0 Å². The van der Waals surface area contributed by atoms with Gasteiger partial charge in [0.05, 0.1) is 13.2 Å². The zero-order chi connectivity index (χ0) is 17.3. The van der Waals surface area contributed by atoms with Crippen LogP contribution in [-0.2, 0) is 22.7 Å². The molecule has 1 aromatic heterocycles. The van der Waals surface area contributed by atoms with E-state index >= 15 is 0 Å². The molecule has 1 saturated heterocycles. The topological polar surface area (TPSA) is 70.2 Å². The molecule has 2 N–H and O–H groups in total. The van der Waals surface area contributed by atoms with Gasteiger partial charge in [0.15, 0.2) is 0 Å². The average Bonchev–Trinajstić information content (AvgIpc) is 3.14. The summed E-state index contributed by atoms with van der Waals surface area (Å²) in [6, 6.07) is 9.89. The fraction of sp³-hybridized carbons (Fsp3) is 0.474. The third-order valence-corrected chi connectivity index (χ3v) is 4.46. The van der Waals surface area contributed by atoms with Gasteiger partial charge in [-0.1, -0.05) is 30.3 Å². The van der Waals surface area contributed by atoms with Crippen molar-refractivity contribution in [3.05, 3.63) is 54.1 Å². The number of hydrogen-bond donors (Lipinski definition) is 2. The van der Waals surface area contributed by atoms with Crippen LogP contribution in [0.25, 0.3) is 0 Å². The van der Waals surface area contributed by atoms with Crippen molar-refractivity contribution >= 4 is 5.91 Å². The molecule has 0 bridgehead atoms. The highest BCUT2D eigenvalue weighted by atomic mass is 16.5. The molecule has 134 valence electrons. The van der Waals surface area contributed by atoms with Gasteiger partial charge in [0.1, 0.15) is 12.4 Å². The summed E-state index contributed by atoms with van der Waals surface area (Å²) in [6.45, 7) is 4.21. The van der Waals surface area contributed by atoms with Crippen LogP contribution in [0.4, 0.5) is 0 Å². The van der Waals surface area contributed by atoms with Gasteiger partial charge in [-0.2, -0.15) is 0 Å². The monoisotopic (exact) mass is 342 g/mol. The summed E-state index contributed by atoms with van der Waals surface area (Å²) in [5, 5.41) is 3.00. The molecule has 2 heterocycles. The van der Waals surface area contributed by atoms with Crippen molar-refractivity contribution in [1.82, 2.24) is 20.2 Å². The molecule has 0 saturated carbocycles. The Bertz CT molecular complexity index is 630. The number of carbonyl (C=O) groups excluding carboxylic acids is 1. The van der Waals surface area contributed by atoms with Gasteiger partial charge in [0.25, 0.3) is 0 Å². The Morgan fingerprint density at radius 3 is 3.04 bits per heavy atom. The summed E-state index contributed by atoms with van der Waals surface area (Å²) in [7, 11) is 0. The number of nitrogens with one attached hydrogen (secondary N) is 2. The smallest absolute Gasteiger partial charge is 0.246 e. The molecule has 1 amide bonds. The SMILES string of the molecule is O=C(COCc1ccccc1)NCC1CCCN(Cc2ncc[nH]2)C1. The Labute approximate surface area is 148 Å². The molecule has 0 radical (unpaired) electrons. The number of imidazole rings is 1. The van der Waals surface area contributed by atoms with E-state index in [1.54, 1.807) is 6.20 Å². The highest BCUT2D eigenvalue weighted by Gasteiger charge is 2.21. The van der Waals surface area contributed by atoms with E-state index < -0.39 is 0 Å². The van der Waals surface area contributed by atoms with Crippen molar-refractivity contribution in [2.45, 2.75) is 26.0 Å². The third kappa shape index (κ3) is 5.99. The van der Waals surface area contributed by atoms with Crippen molar-refractivity contribution in [3.8, 4) is 0 Å². The fourth-order valence-corrected chi connectivity index (χ4v) is 3.20. The van der Waals surface area contributed by atoms with Crippen LogP contribution in [0.1, 0.15) is 24.2 Å². The van der Waals surface area contributed by atoms with Crippen molar-refractivity contribution in [1.29, 1.82) is 0 Å². The molecule has 6 nitrogen and oxygen atoms in total. The van der Waals surface area contributed by atoms with E-state index in [-0.39, 0.29) is 12.5 Å². The lowest BCUT2D eigenvalue weighted by molar-refractivity contribution is -0.126. The molecular weight excluding hydrogens is 316 g/mol. The number of aromatic nitrogens is 2. The second-order valence-electron chi connectivity index (χ2n) is 6.56. The minimum Gasteiger partial charge on any atom is -0.367 e. The molecule has 1 aliphatic heterocycles. The van der Waals surface area contributed by atoms with Gasteiger partial charge in [0.2, 0.25) is 5.91 Å². The Hall–Kier alpha value is -2.18. The zero-order valence-electron chi connectivity index (χ0n) is 14.5. The first-order valence-corrected chi connectivity index (χ1v) is 8.88. The molecule has 1 aliphatic rings. The Morgan fingerprint density at radius 2 is 2.24 bits per heavy atom. The molecule has 25 heavy (non-hydrogen) atoms. The summed E-state index contributed by atoms with van der Waals surface area (Å²) >= 11 is 0. The number of piperidine rings is 1. The summed E-state index contributed by atoms with van der Waals surface area (Å²) in [6.07, 6.45) is 5.95. The average molecular weight is 342 g/mol. The van der Waals surface area contributed by atoms with E-state index in [1.165, 1.54) is 0 Å². The lowest BCUT2D eigenvalue weighted by atomic mass is 9.98. The number of carbonyl (C=O) groups is 1. The molecule has 1 aromatic carbocycles. The lowest BCUT2D eigenvalue weighted by Gasteiger charge is -2.32. The summed E-state index contributed by atoms with van der Waals surface area (Å²) < 4.78 is 5.48. The predicted molar refractivity (Wildman–Crippen MR) is 95.7 cm³/mol. The van der Waals surface area contributed by atoms with Crippen LogP contribution in [0, 0.1) is 5.92 Å². The van der Waals surface area contributed by atoms with Gasteiger partial charge in [-0.15, -0.1) is 0 Å². The van der Waals surface area contributed by atoms with E-state index in [4.69, 9.17) is 4.74 Å². The normalized spacial score (nSPS) is 18.2. The van der Waals surface area contributed by atoms with Crippen LogP contribution in [0.5, 0.6) is 0 Å². The molecular formula is C19H26N4O2. The van der Waals surface area contributed by atoms with Crippen molar-refractivity contribution in [2.24, 2.45) is 5.92 Å². The minimum atomic E-state index is -0.0425. The minimum absolute atomic E-state index is 0.0425. The molecule has 0 aliphatic carbocycles. The zero-order valence-corrected chi connectivity index (χ0v) is 14.5. The number of amides is 1. The number of H-pyrrole nitrogens is 1. The molecule has 1 fully saturated rings. The molecule has 6 heteroatoms. The van der Waals surface area contributed by atoms with Gasteiger partial charge >= 0.3 is 0 Å². The fourth-order valence-electron chi connectivity index (χ4n) is 3.20. The second-order valence-corrected chi connectivity index (χ2v) is 6.56. The van der Waals surface area contributed by atoms with Crippen molar-refractivity contribution < 1.29 is 9.53 Å². The summed E-state index contributed by atoms with van der Waals surface area (Å²) in [4.78, 5) is 21.8. The van der Waals surface area contributed by atoms with Gasteiger partial charge < -0.3 is 15.0 Å². The summed E-state index contributed by atoms with van der Waals surface area (Å²) in [5.41, 5.74) is 1.08. The van der Waals surface area contributed by atoms with E-state index in [9.17, 15) is 4.79 Å². The van der Waals surface area contributed by atoms with E-state index in [0.717, 1.165) is 43.9 Å². The number of aromatic amines is 1. The lowest BCUT2D eigenvalue weighted by Crippen LogP contribution is -2.41. The molecule has 1 unspecified atom stereocenters. The highest BCUT2D eigenvalue weighted by molar-refractivity contribution is 5.77. The number of ether oxygens (including phenoxy) is 1. The summed E-state index contributed by atoms with van der Waals surface area (Å²) in [5.74, 6) is 1.44. The standard InChI is InChI=1S/C19H26N4O2/c24-19(15-25-14-16-5-2-1-3-6-16)22-11-17-7-4-10-23(12-17)13-18-20-8-9-21-18/h1-3,5-6,8-9,17H,4,7,10-15H2,(H,20,21)(H,22,24). The van der Waals surface area contributed by atoms with Crippen LogP contribution in [0.15, 0.2) is 42.7 Å². The van der Waals surface area contributed by atoms with Crippen LogP contribution in [0.3, 0.4) is 0 Å². The van der Waals surface area contributed by atoms with E-state index in [0.29, 0.717) is 19.1 Å². The second kappa shape index (κ2) is 9.34. The largest absolute Gasteiger partial charge is 0.367 e. The molecule has 0 spiro atoms. The Morgan fingerprint density at radius 1 is 1.36 bits per heavy atom. The van der Waals surface area contributed by atoms with Gasteiger partial charge in [-0.05, 0) is 30.9 Å². The number of rotatable bonds is 8. The van der Waals surface area contributed by atoms with E-state index in [1.807, 2.05) is 36.5 Å². The Kier molecular flexibility index (Phi) is 6.59. The first-order chi connectivity index (χ1) is 12.3. The molecule has 1 atom stereocenters. The number of benzene rings is 1. The van der Waals surface area contributed by atoms with Crippen molar-refractivity contribution in [2.75, 3.05) is 26.2 Å². The van der Waals surface area contributed by atoms with Crippen molar-refractivity contribution in [3.63, 3.8) is 0 Å². The Balaban J connectivity index is 1.32. The quantitative estimate of drug-likeness (QED) is 0.769. The third-order valence-electron chi connectivity index (χ3n) is 4.46. The first kappa shape index (κ1) is 17.6. The molecule has 2 aromatic rings. The first-order valence-electron chi connectivity index (χ1n) is 8.88. The predicted octanol–water partition coefficient (Wildman–Crippen LogP) is 1.95. The number of likely N-dealkylation sites (tertiary alicyclic amines) is 1. The van der Waals surface area contributed by atoms with Crippen LogP contribution in [-0.4, -0.2) is 47.0 Å². The maximum atomic E-state index is 11.9. The van der Waals surface area contributed by atoms with Gasteiger partial charge in [-0.25, -0.2) is 4.98 Å². The maximum absolute atomic E-state index is 11.9. The van der Waals surface area contributed by atoms with Gasteiger partial charge in [0, 0.05) is 25.5 Å². The number of hydrogen-bond acceptors (Lipinski definition) is 4. The molecule has 3 rings (SSSR count). The number of nitrogens with zero attached hydrogens (tertiary/aromatic N) is 2.